The summed E-state index contributed by atoms with van der Waals surface area (Å²) in [6.07, 6.45) is 4.53. The number of aryl methyl sites for hydroxylation is 2. The Bertz CT molecular complexity index is 352. The molecule has 1 fully saturated rings. The van der Waals surface area contributed by atoms with Gasteiger partial charge in [-0.1, -0.05) is 20.8 Å². The largest absolute Gasteiger partial charge is 0.352 e. The molecule has 0 amide bonds. The van der Waals surface area contributed by atoms with Gasteiger partial charge in [0.05, 0.1) is 5.69 Å². The highest BCUT2D eigenvalue weighted by Crippen LogP contribution is 2.46. The molecule has 1 aliphatic rings. The summed E-state index contributed by atoms with van der Waals surface area (Å²) < 4.78 is 2.23. The average Bonchev–Trinajstić information content (AvgIpc) is 2.54. The van der Waals surface area contributed by atoms with Crippen molar-refractivity contribution in [1.82, 2.24) is 9.55 Å². The van der Waals surface area contributed by atoms with Crippen molar-refractivity contribution >= 4 is 5.95 Å². The quantitative estimate of drug-likeness (QED) is 0.822. The second kappa shape index (κ2) is 3.54. The topological polar surface area (TPSA) is 29.9 Å². The molecule has 1 aromatic heterocycles. The summed E-state index contributed by atoms with van der Waals surface area (Å²) in [7, 11) is 0. The van der Waals surface area contributed by atoms with E-state index in [9.17, 15) is 0 Å². The first-order chi connectivity index (χ1) is 7.03. The van der Waals surface area contributed by atoms with Crippen LogP contribution in [-0.2, 0) is 6.54 Å². The van der Waals surface area contributed by atoms with E-state index in [2.05, 4.69) is 48.8 Å². The SMILES string of the molecule is CCCn1cc(C)nc1NC1CC1(C)C. The predicted octanol–water partition coefficient (Wildman–Crippen LogP) is 2.81. The van der Waals surface area contributed by atoms with E-state index in [0.717, 1.165) is 24.6 Å². The maximum absolute atomic E-state index is 4.53. The van der Waals surface area contributed by atoms with Gasteiger partial charge in [0.15, 0.2) is 0 Å². The number of hydrogen-bond donors (Lipinski definition) is 1. The molecule has 3 heteroatoms. The Balaban J connectivity index is 2.07. The van der Waals surface area contributed by atoms with Gasteiger partial charge in [-0.05, 0) is 25.2 Å². The molecule has 1 heterocycles. The molecule has 0 bridgehead atoms. The summed E-state index contributed by atoms with van der Waals surface area (Å²) in [6.45, 7) is 9.89. The Labute approximate surface area is 91.9 Å². The summed E-state index contributed by atoms with van der Waals surface area (Å²) in [5.41, 5.74) is 1.56. The van der Waals surface area contributed by atoms with Gasteiger partial charge in [-0.2, -0.15) is 0 Å². The summed E-state index contributed by atoms with van der Waals surface area (Å²) in [5.74, 6) is 1.05. The number of anilines is 1. The van der Waals surface area contributed by atoms with Crippen LogP contribution in [0, 0.1) is 12.3 Å². The van der Waals surface area contributed by atoms with Gasteiger partial charge in [0.25, 0.3) is 0 Å². The van der Waals surface area contributed by atoms with Crippen LogP contribution in [0.25, 0.3) is 0 Å². The summed E-state index contributed by atoms with van der Waals surface area (Å²) >= 11 is 0. The van der Waals surface area contributed by atoms with Gasteiger partial charge in [-0.3, -0.25) is 0 Å². The minimum Gasteiger partial charge on any atom is -0.352 e. The Morgan fingerprint density at radius 3 is 2.80 bits per heavy atom. The van der Waals surface area contributed by atoms with E-state index in [-0.39, 0.29) is 0 Å². The molecule has 0 radical (unpaired) electrons. The lowest BCUT2D eigenvalue weighted by molar-refractivity contribution is 0.621. The lowest BCUT2D eigenvalue weighted by atomic mass is 10.2. The highest BCUT2D eigenvalue weighted by atomic mass is 15.2. The van der Waals surface area contributed by atoms with Crippen LogP contribution in [0.5, 0.6) is 0 Å². The maximum Gasteiger partial charge on any atom is 0.203 e. The van der Waals surface area contributed by atoms with Crippen molar-refractivity contribution in [2.45, 2.75) is 53.1 Å². The van der Waals surface area contributed by atoms with Gasteiger partial charge in [0.2, 0.25) is 5.95 Å². The molecule has 1 aliphatic carbocycles. The van der Waals surface area contributed by atoms with Gasteiger partial charge in [-0.25, -0.2) is 4.98 Å². The number of rotatable bonds is 4. The highest BCUT2D eigenvalue weighted by Gasteiger charge is 2.46. The van der Waals surface area contributed by atoms with Gasteiger partial charge < -0.3 is 9.88 Å². The second-order valence-electron chi connectivity index (χ2n) is 5.29. The van der Waals surface area contributed by atoms with E-state index in [1.54, 1.807) is 0 Å². The van der Waals surface area contributed by atoms with Gasteiger partial charge >= 0.3 is 0 Å². The van der Waals surface area contributed by atoms with Crippen LogP contribution >= 0.6 is 0 Å². The van der Waals surface area contributed by atoms with Crippen LogP contribution in [0.2, 0.25) is 0 Å². The number of imidazole rings is 1. The zero-order valence-corrected chi connectivity index (χ0v) is 10.2. The van der Waals surface area contributed by atoms with E-state index in [1.807, 2.05) is 0 Å². The molecule has 0 aliphatic heterocycles. The highest BCUT2D eigenvalue weighted by molar-refractivity contribution is 5.34. The van der Waals surface area contributed by atoms with Gasteiger partial charge in [0.1, 0.15) is 0 Å². The Morgan fingerprint density at radius 2 is 2.27 bits per heavy atom. The van der Waals surface area contributed by atoms with Crippen LogP contribution in [0.1, 0.15) is 39.3 Å². The number of hydrogen-bond acceptors (Lipinski definition) is 2. The van der Waals surface area contributed by atoms with Crippen LogP contribution in [0.4, 0.5) is 5.95 Å². The second-order valence-corrected chi connectivity index (χ2v) is 5.29. The van der Waals surface area contributed by atoms with Crippen molar-refractivity contribution in [2.75, 3.05) is 5.32 Å². The predicted molar refractivity (Wildman–Crippen MR) is 63.1 cm³/mol. The van der Waals surface area contributed by atoms with Crippen molar-refractivity contribution in [3.8, 4) is 0 Å². The summed E-state index contributed by atoms with van der Waals surface area (Å²) in [4.78, 5) is 4.53. The monoisotopic (exact) mass is 207 g/mol. The fourth-order valence-electron chi connectivity index (χ4n) is 1.94. The van der Waals surface area contributed by atoms with Crippen molar-refractivity contribution in [3.63, 3.8) is 0 Å². The molecule has 3 nitrogen and oxygen atoms in total. The molecule has 15 heavy (non-hydrogen) atoms. The average molecular weight is 207 g/mol. The molecule has 1 atom stereocenters. The van der Waals surface area contributed by atoms with E-state index >= 15 is 0 Å². The Hall–Kier alpha value is -0.990. The lowest BCUT2D eigenvalue weighted by Crippen LogP contribution is -2.13. The molecule has 1 aromatic rings. The van der Waals surface area contributed by atoms with Crippen molar-refractivity contribution < 1.29 is 0 Å². The van der Waals surface area contributed by atoms with E-state index in [0.29, 0.717) is 11.5 Å². The molecule has 0 saturated heterocycles. The fourth-order valence-corrected chi connectivity index (χ4v) is 1.94. The molecule has 0 aromatic carbocycles. The zero-order chi connectivity index (χ0) is 11.1. The number of nitrogens with one attached hydrogen (secondary N) is 1. The van der Waals surface area contributed by atoms with Crippen LogP contribution < -0.4 is 5.32 Å². The molecule has 2 rings (SSSR count). The third-order valence-corrected chi connectivity index (χ3v) is 3.18. The van der Waals surface area contributed by atoms with E-state index < -0.39 is 0 Å². The standard InChI is InChI=1S/C12H21N3/c1-5-6-15-8-9(2)13-11(15)14-10-7-12(10,3)4/h8,10H,5-7H2,1-4H3,(H,13,14). The molecule has 0 spiro atoms. The minimum absolute atomic E-state index is 0.455. The van der Waals surface area contributed by atoms with Gasteiger partial charge in [-0.15, -0.1) is 0 Å². The lowest BCUT2D eigenvalue weighted by Gasteiger charge is -2.09. The van der Waals surface area contributed by atoms with E-state index in [1.165, 1.54) is 6.42 Å². The molecular formula is C12H21N3. The number of nitrogens with zero attached hydrogens (tertiary/aromatic N) is 2. The number of aromatic nitrogens is 2. The molecule has 84 valence electrons. The first kappa shape index (κ1) is 10.5. The first-order valence-electron chi connectivity index (χ1n) is 5.83. The normalized spacial score (nSPS) is 22.8. The van der Waals surface area contributed by atoms with Crippen LogP contribution in [0.15, 0.2) is 6.20 Å². The smallest absolute Gasteiger partial charge is 0.203 e. The molecule has 1 saturated carbocycles. The maximum atomic E-state index is 4.53. The van der Waals surface area contributed by atoms with Crippen molar-refractivity contribution in [1.29, 1.82) is 0 Å². The first-order valence-corrected chi connectivity index (χ1v) is 5.83. The van der Waals surface area contributed by atoms with Crippen molar-refractivity contribution in [3.05, 3.63) is 11.9 Å². The Morgan fingerprint density at radius 1 is 1.60 bits per heavy atom. The van der Waals surface area contributed by atoms with E-state index in [4.69, 9.17) is 0 Å². The molecule has 1 unspecified atom stereocenters. The van der Waals surface area contributed by atoms with Crippen LogP contribution in [0.3, 0.4) is 0 Å². The van der Waals surface area contributed by atoms with Gasteiger partial charge in [0, 0.05) is 18.8 Å². The van der Waals surface area contributed by atoms with Crippen LogP contribution in [-0.4, -0.2) is 15.6 Å². The van der Waals surface area contributed by atoms with Crippen molar-refractivity contribution in [2.24, 2.45) is 5.41 Å². The fraction of sp³-hybridized carbons (Fsp3) is 0.750. The summed E-state index contributed by atoms with van der Waals surface area (Å²) in [6, 6.07) is 0.606. The third kappa shape index (κ3) is 2.16. The summed E-state index contributed by atoms with van der Waals surface area (Å²) in [5, 5.41) is 3.53. The Kier molecular flexibility index (Phi) is 2.49. The minimum atomic E-state index is 0.455. The molecular weight excluding hydrogens is 186 g/mol. The third-order valence-electron chi connectivity index (χ3n) is 3.18. The molecule has 1 N–H and O–H groups in total. The zero-order valence-electron chi connectivity index (χ0n) is 10.2.